The Morgan fingerprint density at radius 3 is 2.14 bits per heavy atom. The van der Waals surface area contributed by atoms with Gasteiger partial charge in [0.15, 0.2) is 0 Å². The van der Waals surface area contributed by atoms with Crippen molar-refractivity contribution in [1.29, 1.82) is 0 Å². The number of nitrogens with zero attached hydrogens (tertiary/aromatic N) is 1. The summed E-state index contributed by atoms with van der Waals surface area (Å²) in [5.41, 5.74) is 0. The molecule has 0 radical (unpaired) electrons. The largest absolute Gasteiger partial charge is 0.342 e. The van der Waals surface area contributed by atoms with Gasteiger partial charge >= 0.3 is 0 Å². The Morgan fingerprint density at radius 1 is 1.14 bits per heavy atom. The first-order chi connectivity index (χ1) is 6.75. The van der Waals surface area contributed by atoms with Crippen LogP contribution in [0.1, 0.15) is 32.6 Å². The highest BCUT2D eigenvalue weighted by atomic mass is 16.2. The zero-order valence-corrected chi connectivity index (χ0v) is 8.91. The fraction of sp³-hybridized carbons (Fsp3) is 0.917. The molecule has 1 aliphatic heterocycles. The Labute approximate surface area is 85.7 Å². The maximum Gasteiger partial charge on any atom is 0.226 e. The molecule has 0 unspecified atom stereocenters. The normalized spacial score (nSPS) is 41.5. The van der Waals surface area contributed by atoms with Crippen molar-refractivity contribution in [2.24, 2.45) is 23.7 Å². The number of hydrogen-bond donors (Lipinski definition) is 0. The Bertz CT molecular complexity index is 241. The molecule has 2 bridgehead atoms. The predicted molar refractivity (Wildman–Crippen MR) is 54.7 cm³/mol. The summed E-state index contributed by atoms with van der Waals surface area (Å²) < 4.78 is 0. The summed E-state index contributed by atoms with van der Waals surface area (Å²) in [7, 11) is 0. The molecule has 0 N–H and O–H groups in total. The van der Waals surface area contributed by atoms with E-state index in [9.17, 15) is 4.79 Å². The minimum absolute atomic E-state index is 0.461. The van der Waals surface area contributed by atoms with Crippen LogP contribution in [0.5, 0.6) is 0 Å². The van der Waals surface area contributed by atoms with Crippen molar-refractivity contribution in [3.8, 4) is 0 Å². The molecule has 78 valence electrons. The SMILES string of the molecule is CC1CCN(C(=O)C2C3CC2C3)CC1. The second kappa shape index (κ2) is 2.98. The van der Waals surface area contributed by atoms with Crippen molar-refractivity contribution >= 4 is 5.91 Å². The van der Waals surface area contributed by atoms with Crippen molar-refractivity contribution in [1.82, 2.24) is 4.90 Å². The highest BCUT2D eigenvalue weighted by molar-refractivity contribution is 5.81. The maximum atomic E-state index is 12.1. The van der Waals surface area contributed by atoms with Crippen LogP contribution < -0.4 is 0 Å². The highest BCUT2D eigenvalue weighted by Gasteiger charge is 2.56. The smallest absolute Gasteiger partial charge is 0.226 e. The van der Waals surface area contributed by atoms with E-state index in [1.54, 1.807) is 0 Å². The van der Waals surface area contributed by atoms with Gasteiger partial charge in [0.05, 0.1) is 0 Å². The lowest BCUT2D eigenvalue weighted by Crippen LogP contribution is -2.58. The molecule has 0 aromatic carbocycles. The molecule has 0 aromatic heterocycles. The number of carbonyl (C=O) groups excluding carboxylic acids is 1. The van der Waals surface area contributed by atoms with Crippen LogP contribution in [0.4, 0.5) is 0 Å². The molecule has 0 aromatic rings. The zero-order chi connectivity index (χ0) is 9.71. The van der Waals surface area contributed by atoms with Gasteiger partial charge in [-0.2, -0.15) is 0 Å². The van der Waals surface area contributed by atoms with Crippen molar-refractivity contribution < 1.29 is 4.79 Å². The van der Waals surface area contributed by atoms with Gasteiger partial charge in [0.1, 0.15) is 0 Å². The lowest BCUT2D eigenvalue weighted by atomic mass is 9.47. The molecule has 14 heavy (non-hydrogen) atoms. The third-order valence-electron chi connectivity index (χ3n) is 4.61. The van der Waals surface area contributed by atoms with E-state index in [0.717, 1.165) is 30.8 Å². The Balaban J connectivity index is 1.57. The van der Waals surface area contributed by atoms with E-state index in [1.165, 1.54) is 25.7 Å². The summed E-state index contributed by atoms with van der Waals surface area (Å²) in [4.78, 5) is 14.2. The van der Waals surface area contributed by atoms with Crippen LogP contribution >= 0.6 is 0 Å². The van der Waals surface area contributed by atoms with Gasteiger partial charge < -0.3 is 4.90 Å². The predicted octanol–water partition coefficient (Wildman–Crippen LogP) is 1.90. The topological polar surface area (TPSA) is 20.3 Å². The molecule has 2 heteroatoms. The molecular formula is C12H19NO. The van der Waals surface area contributed by atoms with Crippen LogP contribution in [0.2, 0.25) is 0 Å². The molecule has 3 aliphatic carbocycles. The van der Waals surface area contributed by atoms with E-state index >= 15 is 0 Å². The number of rotatable bonds is 1. The van der Waals surface area contributed by atoms with Crippen molar-refractivity contribution in [2.75, 3.05) is 13.1 Å². The third kappa shape index (κ3) is 1.12. The fourth-order valence-electron chi connectivity index (χ4n) is 3.13. The van der Waals surface area contributed by atoms with Gasteiger partial charge in [0.25, 0.3) is 0 Å². The maximum absolute atomic E-state index is 12.1. The van der Waals surface area contributed by atoms with E-state index in [2.05, 4.69) is 11.8 Å². The minimum atomic E-state index is 0.461. The van der Waals surface area contributed by atoms with E-state index in [0.29, 0.717) is 11.8 Å². The summed E-state index contributed by atoms with van der Waals surface area (Å²) in [5, 5.41) is 0. The van der Waals surface area contributed by atoms with E-state index in [4.69, 9.17) is 0 Å². The molecule has 1 heterocycles. The molecule has 1 saturated heterocycles. The molecule has 4 fully saturated rings. The van der Waals surface area contributed by atoms with Gasteiger partial charge in [-0.3, -0.25) is 4.79 Å². The first-order valence-electron chi connectivity index (χ1n) is 6.04. The number of hydrogen-bond acceptors (Lipinski definition) is 1. The lowest BCUT2D eigenvalue weighted by Gasteiger charge is -2.58. The Kier molecular flexibility index (Phi) is 1.86. The monoisotopic (exact) mass is 193 g/mol. The lowest BCUT2D eigenvalue weighted by molar-refractivity contribution is -0.165. The summed E-state index contributed by atoms with van der Waals surface area (Å²) in [6.45, 7) is 4.34. The zero-order valence-electron chi connectivity index (χ0n) is 8.91. The third-order valence-corrected chi connectivity index (χ3v) is 4.61. The first-order valence-corrected chi connectivity index (χ1v) is 6.04. The van der Waals surface area contributed by atoms with Crippen LogP contribution in [0.25, 0.3) is 0 Å². The second-order valence-corrected chi connectivity index (χ2v) is 5.53. The Morgan fingerprint density at radius 2 is 1.71 bits per heavy atom. The molecule has 0 atom stereocenters. The fourth-order valence-corrected chi connectivity index (χ4v) is 3.13. The van der Waals surface area contributed by atoms with Gasteiger partial charge in [0.2, 0.25) is 5.91 Å². The molecule has 2 nitrogen and oxygen atoms in total. The van der Waals surface area contributed by atoms with Crippen LogP contribution in [-0.2, 0) is 4.79 Å². The summed E-state index contributed by atoms with van der Waals surface area (Å²) in [6, 6.07) is 0. The summed E-state index contributed by atoms with van der Waals surface area (Å²) in [5.74, 6) is 3.35. The molecule has 3 saturated carbocycles. The van der Waals surface area contributed by atoms with Crippen molar-refractivity contribution in [2.45, 2.75) is 32.6 Å². The summed E-state index contributed by atoms with van der Waals surface area (Å²) in [6.07, 6.45) is 5.13. The first kappa shape index (κ1) is 8.75. The second-order valence-electron chi connectivity index (χ2n) is 5.53. The van der Waals surface area contributed by atoms with Gasteiger partial charge in [-0.15, -0.1) is 0 Å². The highest BCUT2D eigenvalue weighted by Crippen LogP contribution is 2.59. The number of amides is 1. The number of likely N-dealkylation sites (tertiary alicyclic amines) is 1. The van der Waals surface area contributed by atoms with Gasteiger partial charge in [0, 0.05) is 19.0 Å². The molecule has 4 rings (SSSR count). The van der Waals surface area contributed by atoms with Crippen LogP contribution in [0.15, 0.2) is 0 Å². The standard InChI is InChI=1S/C12H19NO/c1-8-2-4-13(5-3-8)12(14)11-9-6-10(11)7-9/h8-11H,2-7H2,1H3. The van der Waals surface area contributed by atoms with Crippen molar-refractivity contribution in [3.05, 3.63) is 0 Å². The van der Waals surface area contributed by atoms with E-state index in [-0.39, 0.29) is 0 Å². The molecule has 4 aliphatic rings. The molecule has 1 amide bonds. The van der Waals surface area contributed by atoms with Crippen LogP contribution in [-0.4, -0.2) is 23.9 Å². The molecule has 0 spiro atoms. The number of carbonyl (C=O) groups is 1. The number of piperidine rings is 1. The average Bonchev–Trinajstić information content (AvgIpc) is 1.99. The van der Waals surface area contributed by atoms with E-state index in [1.807, 2.05) is 0 Å². The van der Waals surface area contributed by atoms with Crippen LogP contribution in [0.3, 0.4) is 0 Å². The molecular weight excluding hydrogens is 174 g/mol. The quantitative estimate of drug-likeness (QED) is 0.623. The minimum Gasteiger partial charge on any atom is -0.342 e. The van der Waals surface area contributed by atoms with Gasteiger partial charge in [-0.1, -0.05) is 6.92 Å². The van der Waals surface area contributed by atoms with Crippen LogP contribution in [0, 0.1) is 23.7 Å². The Hall–Kier alpha value is -0.530. The average molecular weight is 193 g/mol. The van der Waals surface area contributed by atoms with Crippen molar-refractivity contribution in [3.63, 3.8) is 0 Å². The van der Waals surface area contributed by atoms with Gasteiger partial charge in [-0.05, 0) is 43.4 Å². The van der Waals surface area contributed by atoms with Gasteiger partial charge in [-0.25, -0.2) is 0 Å². The summed E-state index contributed by atoms with van der Waals surface area (Å²) >= 11 is 0. The van der Waals surface area contributed by atoms with E-state index < -0.39 is 0 Å².